The molecule has 0 unspecified atom stereocenters. The lowest BCUT2D eigenvalue weighted by atomic mass is 10.1. The van der Waals surface area contributed by atoms with E-state index in [1.54, 1.807) is 31.2 Å². The van der Waals surface area contributed by atoms with Gasteiger partial charge in [0.2, 0.25) is 15.9 Å². The molecule has 0 saturated carbocycles. The van der Waals surface area contributed by atoms with Crippen molar-refractivity contribution in [2.24, 2.45) is 0 Å². The van der Waals surface area contributed by atoms with Crippen LogP contribution in [0.4, 0.5) is 5.69 Å². The molecular weight excluding hydrogens is 540 g/mol. The van der Waals surface area contributed by atoms with Crippen molar-refractivity contribution in [1.29, 1.82) is 0 Å². The molecule has 1 heterocycles. The summed E-state index contributed by atoms with van der Waals surface area (Å²) in [5, 5.41) is 2.90. The second kappa shape index (κ2) is 12.2. The average molecular weight is 567 g/mol. The van der Waals surface area contributed by atoms with Crippen LogP contribution in [-0.4, -0.2) is 48.8 Å². The van der Waals surface area contributed by atoms with E-state index in [1.807, 2.05) is 30.3 Å². The van der Waals surface area contributed by atoms with Gasteiger partial charge in [0.15, 0.2) is 0 Å². The van der Waals surface area contributed by atoms with Crippen LogP contribution in [0.2, 0.25) is 5.02 Å². The first kappa shape index (κ1) is 28.0. The Morgan fingerprint density at radius 1 is 1.05 bits per heavy atom. The lowest BCUT2D eigenvalue weighted by Gasteiger charge is -2.22. The number of amides is 1. The van der Waals surface area contributed by atoms with Crippen LogP contribution in [0.3, 0.4) is 0 Å². The summed E-state index contributed by atoms with van der Waals surface area (Å²) in [6.07, 6.45) is 0.402. The van der Waals surface area contributed by atoms with E-state index in [0.29, 0.717) is 34.9 Å². The van der Waals surface area contributed by atoms with Crippen molar-refractivity contribution in [2.45, 2.75) is 18.2 Å². The number of halogens is 1. The number of carbonyl (C=O) groups is 1. The van der Waals surface area contributed by atoms with E-state index in [9.17, 15) is 18.0 Å². The maximum absolute atomic E-state index is 13.6. The van der Waals surface area contributed by atoms with Gasteiger partial charge in [-0.2, -0.15) is 4.31 Å². The van der Waals surface area contributed by atoms with Gasteiger partial charge in [-0.3, -0.25) is 9.59 Å². The number of methoxy groups -OCH3 is 1. The molecule has 0 bridgehead atoms. The number of nitrogens with one attached hydrogen (secondary N) is 2. The summed E-state index contributed by atoms with van der Waals surface area (Å²) < 4.78 is 33.5. The molecule has 0 radical (unpaired) electrons. The van der Waals surface area contributed by atoms with E-state index in [1.165, 1.54) is 31.4 Å². The standard InChI is InChI=1S/C28H27ClN4O5S/c1-19-15-26(34)32-28(30-19)21-9-6-10-22(16-21)31-27(35)18-33(14-13-20-7-4-3-5-8-20)39(36,37)23-11-12-25(38-2)24(29)17-23/h3-12,15-17H,13-14,18H2,1-2H3,(H,31,35)(H,30,32,34). The molecule has 3 aromatic carbocycles. The Labute approximate surface area is 231 Å². The number of sulfonamides is 1. The van der Waals surface area contributed by atoms with Crippen LogP contribution in [-0.2, 0) is 21.2 Å². The summed E-state index contributed by atoms with van der Waals surface area (Å²) in [6.45, 7) is 1.35. The lowest BCUT2D eigenvalue weighted by Crippen LogP contribution is -2.39. The van der Waals surface area contributed by atoms with Crippen molar-refractivity contribution in [1.82, 2.24) is 14.3 Å². The van der Waals surface area contributed by atoms with E-state index >= 15 is 0 Å². The van der Waals surface area contributed by atoms with Gasteiger partial charge >= 0.3 is 0 Å². The van der Waals surface area contributed by atoms with Crippen molar-refractivity contribution in [2.75, 3.05) is 25.5 Å². The highest BCUT2D eigenvalue weighted by atomic mass is 35.5. The lowest BCUT2D eigenvalue weighted by molar-refractivity contribution is -0.116. The number of H-pyrrole nitrogens is 1. The molecule has 11 heteroatoms. The van der Waals surface area contributed by atoms with Crippen LogP contribution in [0.25, 0.3) is 11.4 Å². The van der Waals surface area contributed by atoms with Crippen LogP contribution >= 0.6 is 11.6 Å². The van der Waals surface area contributed by atoms with Gasteiger partial charge in [-0.15, -0.1) is 0 Å². The maximum Gasteiger partial charge on any atom is 0.251 e. The third kappa shape index (κ3) is 7.11. The highest BCUT2D eigenvalue weighted by Crippen LogP contribution is 2.28. The predicted octanol–water partition coefficient (Wildman–Crippen LogP) is 4.28. The zero-order chi connectivity index (χ0) is 28.0. The van der Waals surface area contributed by atoms with Gasteiger partial charge in [0, 0.05) is 29.6 Å². The van der Waals surface area contributed by atoms with Gasteiger partial charge < -0.3 is 15.0 Å². The van der Waals surface area contributed by atoms with E-state index in [0.717, 1.165) is 9.87 Å². The van der Waals surface area contributed by atoms with Crippen LogP contribution in [0.15, 0.2) is 88.6 Å². The molecule has 0 saturated heterocycles. The molecule has 39 heavy (non-hydrogen) atoms. The molecule has 0 aliphatic carbocycles. The zero-order valence-electron chi connectivity index (χ0n) is 21.3. The molecular formula is C28H27ClN4O5S. The Hall–Kier alpha value is -3.99. The van der Waals surface area contributed by atoms with E-state index in [-0.39, 0.29) is 22.0 Å². The topological polar surface area (TPSA) is 121 Å². The summed E-state index contributed by atoms with van der Waals surface area (Å²) in [6, 6.07) is 21.7. The molecule has 4 rings (SSSR count). The number of hydrogen-bond acceptors (Lipinski definition) is 6. The molecule has 0 aliphatic heterocycles. The number of rotatable bonds is 10. The van der Waals surface area contributed by atoms with Gasteiger partial charge in [0.1, 0.15) is 11.6 Å². The van der Waals surface area contributed by atoms with Gasteiger partial charge in [0.05, 0.1) is 23.6 Å². The number of hydrogen-bond donors (Lipinski definition) is 2. The Kier molecular flexibility index (Phi) is 8.80. The number of nitrogens with zero attached hydrogens (tertiary/aromatic N) is 2. The van der Waals surface area contributed by atoms with Gasteiger partial charge in [-0.1, -0.05) is 54.1 Å². The van der Waals surface area contributed by atoms with Crippen molar-refractivity contribution >= 4 is 33.2 Å². The first-order valence-electron chi connectivity index (χ1n) is 12.0. The van der Waals surface area contributed by atoms with Crippen molar-refractivity contribution in [3.63, 3.8) is 0 Å². The number of carbonyl (C=O) groups excluding carboxylic acids is 1. The number of ether oxygens (including phenoxy) is 1. The fraction of sp³-hybridized carbons (Fsp3) is 0.179. The van der Waals surface area contributed by atoms with Gasteiger partial charge in [-0.05, 0) is 49.2 Å². The fourth-order valence-corrected chi connectivity index (χ4v) is 5.71. The van der Waals surface area contributed by atoms with Crippen LogP contribution < -0.4 is 15.6 Å². The smallest absolute Gasteiger partial charge is 0.251 e. The molecule has 0 spiro atoms. The summed E-state index contributed by atoms with van der Waals surface area (Å²) in [7, 11) is -2.65. The van der Waals surface area contributed by atoms with E-state index < -0.39 is 22.5 Å². The number of aryl methyl sites for hydroxylation is 1. The quantitative estimate of drug-likeness (QED) is 0.295. The second-order valence-electron chi connectivity index (χ2n) is 8.73. The number of aromatic nitrogens is 2. The minimum atomic E-state index is -4.08. The maximum atomic E-state index is 13.6. The third-order valence-electron chi connectivity index (χ3n) is 5.86. The monoisotopic (exact) mass is 566 g/mol. The van der Waals surface area contributed by atoms with Crippen LogP contribution in [0.5, 0.6) is 5.75 Å². The van der Waals surface area contributed by atoms with E-state index in [4.69, 9.17) is 16.3 Å². The first-order valence-corrected chi connectivity index (χ1v) is 13.8. The number of benzene rings is 3. The summed E-state index contributed by atoms with van der Waals surface area (Å²) in [5.74, 6) is 0.169. The Morgan fingerprint density at radius 2 is 1.82 bits per heavy atom. The molecule has 2 N–H and O–H groups in total. The zero-order valence-corrected chi connectivity index (χ0v) is 22.9. The van der Waals surface area contributed by atoms with Crippen molar-refractivity contribution in [3.05, 3.63) is 105 Å². The molecule has 9 nitrogen and oxygen atoms in total. The fourth-order valence-electron chi connectivity index (χ4n) is 3.96. The summed E-state index contributed by atoms with van der Waals surface area (Å²) in [4.78, 5) is 31.9. The minimum Gasteiger partial charge on any atom is -0.495 e. The summed E-state index contributed by atoms with van der Waals surface area (Å²) >= 11 is 6.20. The Bertz CT molecular complexity index is 1640. The molecule has 202 valence electrons. The van der Waals surface area contributed by atoms with Crippen LogP contribution in [0, 0.1) is 6.92 Å². The molecule has 4 aromatic rings. The van der Waals surface area contributed by atoms with Crippen LogP contribution in [0.1, 0.15) is 11.3 Å². The molecule has 0 fully saturated rings. The third-order valence-corrected chi connectivity index (χ3v) is 8.00. The van der Waals surface area contributed by atoms with E-state index in [2.05, 4.69) is 15.3 Å². The molecule has 1 amide bonds. The van der Waals surface area contributed by atoms with Crippen molar-refractivity contribution in [3.8, 4) is 17.1 Å². The highest BCUT2D eigenvalue weighted by molar-refractivity contribution is 7.89. The Balaban J connectivity index is 1.57. The Morgan fingerprint density at radius 3 is 2.51 bits per heavy atom. The first-order chi connectivity index (χ1) is 18.7. The molecule has 1 aromatic heterocycles. The highest BCUT2D eigenvalue weighted by Gasteiger charge is 2.27. The molecule has 0 atom stereocenters. The van der Waals surface area contributed by atoms with Gasteiger partial charge in [0.25, 0.3) is 5.56 Å². The predicted molar refractivity (Wildman–Crippen MR) is 151 cm³/mol. The number of anilines is 1. The molecule has 0 aliphatic rings. The normalized spacial score (nSPS) is 11.4. The SMILES string of the molecule is COc1ccc(S(=O)(=O)N(CCc2ccccc2)CC(=O)Nc2cccc(-c3nc(C)cc(=O)[nH]3)c2)cc1Cl. The second-order valence-corrected chi connectivity index (χ2v) is 11.1. The average Bonchev–Trinajstić information content (AvgIpc) is 2.91. The van der Waals surface area contributed by atoms with Crippen molar-refractivity contribution < 1.29 is 17.9 Å². The summed E-state index contributed by atoms with van der Waals surface area (Å²) in [5.41, 5.74) is 2.22. The van der Waals surface area contributed by atoms with Gasteiger partial charge in [-0.25, -0.2) is 13.4 Å². The largest absolute Gasteiger partial charge is 0.495 e. The minimum absolute atomic E-state index is 0.0503. The number of aromatic amines is 1.